The minimum Gasteiger partial charge on any atom is -0.390 e. The molecule has 1 aromatic heterocycles. The topological polar surface area (TPSA) is 66.6 Å². The Balaban J connectivity index is 1.85. The number of hydrogen-bond donors (Lipinski definition) is 1. The van der Waals surface area contributed by atoms with E-state index in [4.69, 9.17) is 16.1 Å². The summed E-state index contributed by atoms with van der Waals surface area (Å²) in [5.41, 5.74) is 0.344. The standard InChI is InChI=1S/C18H21ClN2O3/c1-18(2,23)13-6-4-8-21(11-13)17(22)15-10-20-24-16(15)12-5-3-7-14(19)9-12/h3,5,7,9-10,13,23H,4,6,8,11H2,1-2H3. The van der Waals surface area contributed by atoms with Crippen molar-refractivity contribution >= 4 is 17.5 Å². The molecule has 1 aromatic carbocycles. The second-order valence-corrected chi connectivity index (χ2v) is 7.26. The molecule has 6 heteroatoms. The summed E-state index contributed by atoms with van der Waals surface area (Å²) in [7, 11) is 0. The van der Waals surface area contributed by atoms with Gasteiger partial charge >= 0.3 is 0 Å². The number of hydrogen-bond acceptors (Lipinski definition) is 4. The maximum absolute atomic E-state index is 12.9. The lowest BCUT2D eigenvalue weighted by molar-refractivity contribution is -0.0146. The summed E-state index contributed by atoms with van der Waals surface area (Å²) in [6, 6.07) is 7.15. The quantitative estimate of drug-likeness (QED) is 0.920. The van der Waals surface area contributed by atoms with Crippen LogP contribution in [0.5, 0.6) is 0 Å². The molecule has 128 valence electrons. The van der Waals surface area contributed by atoms with Crippen LogP contribution in [0.3, 0.4) is 0 Å². The van der Waals surface area contributed by atoms with Gasteiger partial charge in [0.15, 0.2) is 5.76 Å². The van der Waals surface area contributed by atoms with Gasteiger partial charge in [-0.3, -0.25) is 4.79 Å². The van der Waals surface area contributed by atoms with E-state index in [1.807, 2.05) is 6.07 Å². The molecular weight excluding hydrogens is 328 g/mol. The van der Waals surface area contributed by atoms with Crippen LogP contribution in [0.15, 0.2) is 35.0 Å². The Morgan fingerprint density at radius 2 is 2.25 bits per heavy atom. The van der Waals surface area contributed by atoms with Gasteiger partial charge in [-0.15, -0.1) is 0 Å². The highest BCUT2D eigenvalue weighted by Gasteiger charge is 2.34. The molecule has 0 bridgehead atoms. The molecule has 0 aliphatic carbocycles. The molecule has 1 fully saturated rings. The zero-order chi connectivity index (χ0) is 17.3. The molecular formula is C18H21ClN2O3. The minimum atomic E-state index is -0.802. The highest BCUT2D eigenvalue weighted by molar-refractivity contribution is 6.30. The maximum atomic E-state index is 12.9. The van der Waals surface area contributed by atoms with Crippen LogP contribution in [0, 0.1) is 5.92 Å². The number of rotatable bonds is 3. The van der Waals surface area contributed by atoms with Crippen LogP contribution in [0.1, 0.15) is 37.0 Å². The van der Waals surface area contributed by atoms with Crippen LogP contribution in [0.2, 0.25) is 5.02 Å². The minimum absolute atomic E-state index is 0.0599. The Labute approximate surface area is 146 Å². The highest BCUT2D eigenvalue weighted by Crippen LogP contribution is 2.30. The Morgan fingerprint density at radius 3 is 2.96 bits per heavy atom. The SMILES string of the molecule is CC(C)(O)C1CCCN(C(=O)c2cnoc2-c2cccc(Cl)c2)C1. The molecule has 1 N–H and O–H groups in total. The Kier molecular flexibility index (Phi) is 4.65. The number of nitrogens with zero attached hydrogens (tertiary/aromatic N) is 2. The monoisotopic (exact) mass is 348 g/mol. The second kappa shape index (κ2) is 6.57. The fourth-order valence-corrected chi connectivity index (χ4v) is 3.33. The second-order valence-electron chi connectivity index (χ2n) is 6.82. The van der Waals surface area contributed by atoms with Crippen LogP contribution in [-0.4, -0.2) is 39.8 Å². The van der Waals surface area contributed by atoms with Crippen molar-refractivity contribution in [3.63, 3.8) is 0 Å². The number of aliphatic hydroxyl groups is 1. The lowest BCUT2D eigenvalue weighted by Gasteiger charge is -2.38. The van der Waals surface area contributed by atoms with Gasteiger partial charge in [0, 0.05) is 29.6 Å². The van der Waals surface area contributed by atoms with E-state index in [2.05, 4.69) is 5.16 Å². The van der Waals surface area contributed by atoms with E-state index in [9.17, 15) is 9.90 Å². The molecule has 5 nitrogen and oxygen atoms in total. The molecule has 24 heavy (non-hydrogen) atoms. The van der Waals surface area contributed by atoms with Gasteiger partial charge < -0.3 is 14.5 Å². The molecule has 2 heterocycles. The van der Waals surface area contributed by atoms with Crippen molar-refractivity contribution in [1.82, 2.24) is 10.1 Å². The summed E-state index contributed by atoms with van der Waals surface area (Å²) in [5.74, 6) is 0.359. The highest BCUT2D eigenvalue weighted by atomic mass is 35.5. The van der Waals surface area contributed by atoms with E-state index in [0.29, 0.717) is 29.4 Å². The van der Waals surface area contributed by atoms with Gasteiger partial charge in [0.1, 0.15) is 5.56 Å². The predicted octanol–water partition coefficient (Wildman–Crippen LogP) is 3.62. The third kappa shape index (κ3) is 3.47. The number of benzene rings is 1. The average Bonchev–Trinajstić information content (AvgIpc) is 3.03. The lowest BCUT2D eigenvalue weighted by atomic mass is 9.84. The number of carbonyl (C=O) groups is 1. The number of aromatic nitrogens is 1. The smallest absolute Gasteiger partial charge is 0.259 e. The Hall–Kier alpha value is -1.85. The maximum Gasteiger partial charge on any atom is 0.259 e. The molecule has 1 saturated heterocycles. The molecule has 0 spiro atoms. The van der Waals surface area contributed by atoms with Crippen molar-refractivity contribution in [2.24, 2.45) is 5.92 Å². The van der Waals surface area contributed by atoms with Gasteiger partial charge in [-0.05, 0) is 38.8 Å². The first-order valence-electron chi connectivity index (χ1n) is 8.08. The molecule has 3 rings (SSSR count). The lowest BCUT2D eigenvalue weighted by Crippen LogP contribution is -2.46. The summed E-state index contributed by atoms with van der Waals surface area (Å²) < 4.78 is 5.31. The number of carbonyl (C=O) groups excluding carboxylic acids is 1. The van der Waals surface area contributed by atoms with Gasteiger partial charge in [0.05, 0.1) is 11.8 Å². The molecule has 1 aliphatic rings. The number of piperidine rings is 1. The van der Waals surface area contributed by atoms with Crippen LogP contribution in [-0.2, 0) is 0 Å². The molecule has 1 atom stereocenters. The summed E-state index contributed by atoms with van der Waals surface area (Å²) in [4.78, 5) is 14.7. The summed E-state index contributed by atoms with van der Waals surface area (Å²) >= 11 is 6.03. The van der Waals surface area contributed by atoms with Crippen LogP contribution >= 0.6 is 11.6 Å². The van der Waals surface area contributed by atoms with Crippen molar-refractivity contribution in [2.45, 2.75) is 32.3 Å². The van der Waals surface area contributed by atoms with Gasteiger partial charge in [0.25, 0.3) is 5.91 Å². The van der Waals surface area contributed by atoms with E-state index >= 15 is 0 Å². The van der Waals surface area contributed by atoms with Gasteiger partial charge in [0.2, 0.25) is 0 Å². The van der Waals surface area contributed by atoms with Crippen molar-refractivity contribution in [1.29, 1.82) is 0 Å². The van der Waals surface area contributed by atoms with Gasteiger partial charge in [-0.25, -0.2) is 0 Å². The van der Waals surface area contributed by atoms with Crippen molar-refractivity contribution in [2.75, 3.05) is 13.1 Å². The van der Waals surface area contributed by atoms with Crippen molar-refractivity contribution in [3.05, 3.63) is 41.0 Å². The molecule has 0 saturated carbocycles. The zero-order valence-corrected chi connectivity index (χ0v) is 14.6. The van der Waals surface area contributed by atoms with Gasteiger partial charge in [-0.2, -0.15) is 0 Å². The summed E-state index contributed by atoms with van der Waals surface area (Å²) in [5, 5.41) is 14.6. The number of amides is 1. The van der Waals surface area contributed by atoms with E-state index in [1.165, 1.54) is 6.20 Å². The zero-order valence-electron chi connectivity index (χ0n) is 13.8. The Bertz CT molecular complexity index is 736. The first-order chi connectivity index (χ1) is 11.4. The Morgan fingerprint density at radius 1 is 1.46 bits per heavy atom. The first-order valence-corrected chi connectivity index (χ1v) is 8.46. The molecule has 1 amide bonds. The van der Waals surface area contributed by atoms with Crippen LogP contribution in [0.25, 0.3) is 11.3 Å². The molecule has 0 radical (unpaired) electrons. The predicted molar refractivity (Wildman–Crippen MR) is 91.9 cm³/mol. The largest absolute Gasteiger partial charge is 0.390 e. The number of halogens is 1. The van der Waals surface area contributed by atoms with E-state index in [0.717, 1.165) is 18.4 Å². The number of likely N-dealkylation sites (tertiary alicyclic amines) is 1. The summed E-state index contributed by atoms with van der Waals surface area (Å²) in [6.07, 6.45) is 3.24. The normalized spacial score (nSPS) is 18.7. The van der Waals surface area contributed by atoms with E-state index in [-0.39, 0.29) is 11.8 Å². The van der Waals surface area contributed by atoms with Crippen molar-refractivity contribution < 1.29 is 14.4 Å². The molecule has 1 aliphatic heterocycles. The fourth-order valence-electron chi connectivity index (χ4n) is 3.14. The van der Waals surface area contributed by atoms with Gasteiger partial charge in [-0.1, -0.05) is 28.9 Å². The fraction of sp³-hybridized carbons (Fsp3) is 0.444. The average molecular weight is 349 g/mol. The van der Waals surface area contributed by atoms with Crippen molar-refractivity contribution in [3.8, 4) is 11.3 Å². The van der Waals surface area contributed by atoms with Crippen LogP contribution < -0.4 is 0 Å². The third-order valence-corrected chi connectivity index (χ3v) is 4.83. The van der Waals surface area contributed by atoms with E-state index in [1.54, 1.807) is 36.9 Å². The third-order valence-electron chi connectivity index (χ3n) is 4.60. The molecule has 1 unspecified atom stereocenters. The van der Waals surface area contributed by atoms with E-state index < -0.39 is 5.60 Å². The molecule has 2 aromatic rings. The first kappa shape index (κ1) is 17.0. The van der Waals surface area contributed by atoms with Crippen LogP contribution in [0.4, 0.5) is 0 Å². The summed E-state index contributed by atoms with van der Waals surface area (Å²) in [6.45, 7) is 4.79.